The summed E-state index contributed by atoms with van der Waals surface area (Å²) in [6.07, 6.45) is 6.04. The van der Waals surface area contributed by atoms with Gasteiger partial charge in [-0.15, -0.1) is 0 Å². The summed E-state index contributed by atoms with van der Waals surface area (Å²) in [5.74, 6) is 6.37. The van der Waals surface area contributed by atoms with Gasteiger partial charge in [-0.1, -0.05) is 11.8 Å². The van der Waals surface area contributed by atoms with Crippen molar-refractivity contribution in [1.29, 1.82) is 0 Å². The summed E-state index contributed by atoms with van der Waals surface area (Å²) in [6.45, 7) is 2.45. The van der Waals surface area contributed by atoms with Gasteiger partial charge in [0.25, 0.3) is 11.8 Å². The van der Waals surface area contributed by atoms with E-state index in [0.717, 1.165) is 11.4 Å². The monoisotopic (exact) mass is 533 g/mol. The van der Waals surface area contributed by atoms with Crippen LogP contribution in [0.5, 0.6) is 11.5 Å². The zero-order valence-corrected chi connectivity index (χ0v) is 21.9. The molecule has 40 heavy (non-hydrogen) atoms. The van der Waals surface area contributed by atoms with Gasteiger partial charge >= 0.3 is 0 Å². The first-order chi connectivity index (χ1) is 19.5. The molecule has 1 aliphatic rings. The smallest absolute Gasteiger partial charge is 0.255 e. The largest absolute Gasteiger partial charge is 0.506 e. The predicted molar refractivity (Wildman–Crippen MR) is 152 cm³/mol. The molecule has 0 bridgehead atoms. The molecule has 9 heteroatoms. The lowest BCUT2D eigenvalue weighted by Crippen LogP contribution is -2.48. The van der Waals surface area contributed by atoms with Crippen molar-refractivity contribution in [3.63, 3.8) is 0 Å². The molecule has 0 aliphatic carbocycles. The molecule has 1 aliphatic heterocycles. The van der Waals surface area contributed by atoms with Crippen molar-refractivity contribution in [2.24, 2.45) is 0 Å². The molecule has 0 unspecified atom stereocenters. The Bertz CT molecular complexity index is 1570. The number of amides is 2. The van der Waals surface area contributed by atoms with Crippen LogP contribution in [-0.4, -0.2) is 65.1 Å². The standard InChI is InChI=1S/C31H27N5O4/c1-40-29-10-6-26(7-11-29)34-30(38)24-4-8-27(9-5-24)35-12-14-36(15-13-35)31(39)25-16-22(18-32-20-25)2-3-23-17-28(37)21-33-19-23/h4-11,16-21,37H,12-15H2,1H3,(H,34,38). The summed E-state index contributed by atoms with van der Waals surface area (Å²) in [5.41, 5.74) is 3.89. The topological polar surface area (TPSA) is 108 Å². The highest BCUT2D eigenvalue weighted by atomic mass is 16.5. The first-order valence-electron chi connectivity index (χ1n) is 12.7. The SMILES string of the molecule is COc1ccc(NC(=O)c2ccc(N3CCN(C(=O)c4cncc(C#Cc5cncc(O)c5)c4)CC3)cc2)cc1. The molecule has 1 fully saturated rings. The maximum atomic E-state index is 13.1. The maximum Gasteiger partial charge on any atom is 0.255 e. The molecule has 200 valence electrons. The number of piperazine rings is 1. The minimum Gasteiger partial charge on any atom is -0.506 e. The normalized spacial score (nSPS) is 12.7. The van der Waals surface area contributed by atoms with Gasteiger partial charge in [0.1, 0.15) is 11.5 Å². The molecule has 4 aromatic rings. The van der Waals surface area contributed by atoms with E-state index in [9.17, 15) is 14.7 Å². The molecule has 3 heterocycles. The summed E-state index contributed by atoms with van der Waals surface area (Å²) < 4.78 is 5.15. The number of carbonyl (C=O) groups is 2. The minimum absolute atomic E-state index is 0.0409. The number of anilines is 2. The highest BCUT2D eigenvalue weighted by Gasteiger charge is 2.23. The third kappa shape index (κ3) is 6.37. The lowest BCUT2D eigenvalue weighted by Gasteiger charge is -2.36. The fraction of sp³-hybridized carbons (Fsp3) is 0.161. The molecule has 0 saturated carbocycles. The highest BCUT2D eigenvalue weighted by molar-refractivity contribution is 6.04. The number of methoxy groups -OCH3 is 1. The quantitative estimate of drug-likeness (QED) is 0.376. The van der Waals surface area contributed by atoms with Crippen molar-refractivity contribution in [3.05, 3.63) is 108 Å². The molecule has 2 aromatic heterocycles. The molecule has 5 rings (SSSR count). The zero-order chi connectivity index (χ0) is 27.9. The number of carbonyl (C=O) groups excluding carboxylic acids is 2. The van der Waals surface area contributed by atoms with Crippen molar-refractivity contribution in [1.82, 2.24) is 14.9 Å². The first kappa shape index (κ1) is 26.3. The van der Waals surface area contributed by atoms with Gasteiger partial charge in [0.05, 0.1) is 18.9 Å². The van der Waals surface area contributed by atoms with Crippen molar-refractivity contribution in [3.8, 4) is 23.3 Å². The van der Waals surface area contributed by atoms with Crippen LogP contribution in [0.4, 0.5) is 11.4 Å². The predicted octanol–water partition coefficient (Wildman–Crippen LogP) is 3.81. The average molecular weight is 534 g/mol. The number of aromatic nitrogens is 2. The molecule has 0 radical (unpaired) electrons. The van der Waals surface area contributed by atoms with Gasteiger partial charge in [0.15, 0.2) is 0 Å². The van der Waals surface area contributed by atoms with E-state index in [4.69, 9.17) is 4.74 Å². The van der Waals surface area contributed by atoms with Crippen LogP contribution in [0.1, 0.15) is 31.8 Å². The van der Waals surface area contributed by atoms with E-state index in [2.05, 4.69) is 32.0 Å². The third-order valence-corrected chi connectivity index (χ3v) is 6.47. The Morgan fingerprint density at radius 1 is 0.825 bits per heavy atom. The average Bonchev–Trinajstić information content (AvgIpc) is 3.00. The fourth-order valence-electron chi connectivity index (χ4n) is 4.32. The van der Waals surface area contributed by atoms with Gasteiger partial charge in [0, 0.05) is 72.8 Å². The number of rotatable bonds is 5. The van der Waals surface area contributed by atoms with Crippen LogP contribution in [0, 0.1) is 11.8 Å². The lowest BCUT2D eigenvalue weighted by atomic mass is 10.1. The number of ether oxygens (including phenoxy) is 1. The number of nitrogens with one attached hydrogen (secondary N) is 1. The van der Waals surface area contributed by atoms with Crippen LogP contribution >= 0.6 is 0 Å². The first-order valence-corrected chi connectivity index (χ1v) is 12.7. The number of pyridine rings is 2. The zero-order valence-electron chi connectivity index (χ0n) is 21.9. The summed E-state index contributed by atoms with van der Waals surface area (Å²) in [6, 6.07) is 17.9. The molecular weight excluding hydrogens is 506 g/mol. The Morgan fingerprint density at radius 3 is 2.12 bits per heavy atom. The van der Waals surface area contributed by atoms with E-state index in [-0.39, 0.29) is 17.6 Å². The van der Waals surface area contributed by atoms with Crippen LogP contribution < -0.4 is 15.0 Å². The Kier molecular flexibility index (Phi) is 7.88. The van der Waals surface area contributed by atoms with Gasteiger partial charge < -0.3 is 25.0 Å². The molecule has 9 nitrogen and oxygen atoms in total. The summed E-state index contributed by atoms with van der Waals surface area (Å²) >= 11 is 0. The van der Waals surface area contributed by atoms with Crippen LogP contribution in [0.25, 0.3) is 0 Å². The molecule has 0 spiro atoms. The van der Waals surface area contributed by atoms with E-state index in [0.29, 0.717) is 54.1 Å². The molecule has 2 amide bonds. The summed E-state index contributed by atoms with van der Waals surface area (Å²) in [4.78, 5) is 37.9. The number of hydrogen-bond acceptors (Lipinski definition) is 7. The fourth-order valence-corrected chi connectivity index (χ4v) is 4.32. The highest BCUT2D eigenvalue weighted by Crippen LogP contribution is 2.20. The second kappa shape index (κ2) is 12.0. The van der Waals surface area contributed by atoms with Crippen molar-refractivity contribution in [2.45, 2.75) is 0 Å². The Balaban J connectivity index is 1.16. The second-order valence-corrected chi connectivity index (χ2v) is 9.15. The molecule has 2 aromatic carbocycles. The minimum atomic E-state index is -0.189. The van der Waals surface area contributed by atoms with E-state index < -0.39 is 0 Å². The van der Waals surface area contributed by atoms with E-state index in [1.54, 1.807) is 73.1 Å². The third-order valence-electron chi connectivity index (χ3n) is 6.47. The Morgan fingerprint density at radius 2 is 1.48 bits per heavy atom. The molecule has 2 N–H and O–H groups in total. The number of nitrogens with zero attached hydrogens (tertiary/aromatic N) is 4. The van der Waals surface area contributed by atoms with Gasteiger partial charge in [-0.05, 0) is 60.7 Å². The van der Waals surface area contributed by atoms with E-state index in [1.165, 1.54) is 12.3 Å². The van der Waals surface area contributed by atoms with Crippen LogP contribution in [0.2, 0.25) is 0 Å². The van der Waals surface area contributed by atoms with Crippen LogP contribution in [0.3, 0.4) is 0 Å². The van der Waals surface area contributed by atoms with Gasteiger partial charge in [-0.3, -0.25) is 19.6 Å². The molecular formula is C31H27N5O4. The van der Waals surface area contributed by atoms with Crippen molar-refractivity contribution < 1.29 is 19.4 Å². The van der Waals surface area contributed by atoms with Crippen molar-refractivity contribution >= 4 is 23.2 Å². The van der Waals surface area contributed by atoms with E-state index >= 15 is 0 Å². The number of benzene rings is 2. The van der Waals surface area contributed by atoms with E-state index in [1.807, 2.05) is 12.1 Å². The number of aromatic hydroxyl groups is 1. The number of hydrogen-bond donors (Lipinski definition) is 2. The lowest BCUT2D eigenvalue weighted by molar-refractivity contribution is 0.0746. The summed E-state index contributed by atoms with van der Waals surface area (Å²) in [5, 5.41) is 12.4. The summed E-state index contributed by atoms with van der Waals surface area (Å²) in [7, 11) is 1.60. The van der Waals surface area contributed by atoms with Crippen molar-refractivity contribution in [2.75, 3.05) is 43.5 Å². The van der Waals surface area contributed by atoms with Gasteiger partial charge in [0.2, 0.25) is 0 Å². The second-order valence-electron chi connectivity index (χ2n) is 9.15. The van der Waals surface area contributed by atoms with Crippen LogP contribution in [-0.2, 0) is 0 Å². The van der Waals surface area contributed by atoms with Crippen LogP contribution in [0.15, 0.2) is 85.5 Å². The maximum absolute atomic E-state index is 13.1. The van der Waals surface area contributed by atoms with Gasteiger partial charge in [-0.25, -0.2) is 0 Å². The van der Waals surface area contributed by atoms with Gasteiger partial charge in [-0.2, -0.15) is 0 Å². The Hall–Kier alpha value is -5.36. The molecule has 0 atom stereocenters. The molecule has 1 saturated heterocycles. The Labute approximate surface area is 232 Å².